The Morgan fingerprint density at radius 3 is 2.69 bits per heavy atom. The lowest BCUT2D eigenvalue weighted by molar-refractivity contribution is -0.132. The van der Waals surface area contributed by atoms with Gasteiger partial charge in [0.1, 0.15) is 0 Å². The Morgan fingerprint density at radius 2 is 2.00 bits per heavy atom. The molecule has 0 N–H and O–H groups in total. The van der Waals surface area contributed by atoms with Crippen molar-refractivity contribution in [3.63, 3.8) is 0 Å². The van der Waals surface area contributed by atoms with E-state index >= 15 is 0 Å². The van der Waals surface area contributed by atoms with E-state index in [1.54, 1.807) is 0 Å². The number of nitrogens with zero attached hydrogens (tertiary/aromatic N) is 6. The zero-order chi connectivity index (χ0) is 22.7. The number of hydrogen-bond acceptors (Lipinski definition) is 5. The summed E-state index contributed by atoms with van der Waals surface area (Å²) < 4.78 is 1.83. The largest absolute Gasteiger partial charge is 0.347 e. The van der Waals surface area contributed by atoms with Crippen molar-refractivity contribution in [3.8, 4) is 11.1 Å². The van der Waals surface area contributed by atoms with Gasteiger partial charge in [-0.1, -0.05) is 23.7 Å². The number of halogens is 1. The summed E-state index contributed by atoms with van der Waals surface area (Å²) in [6, 6.07) is 7.76. The number of amides is 1. The Labute approximate surface area is 194 Å². The van der Waals surface area contributed by atoms with E-state index in [1.807, 2.05) is 78.4 Å². The average Bonchev–Trinajstić information content (AvgIpc) is 3.22. The van der Waals surface area contributed by atoms with Crippen LogP contribution in [0.15, 0.2) is 42.9 Å². The molecule has 1 aliphatic rings. The molecule has 7 nitrogen and oxygen atoms in total. The fourth-order valence-corrected chi connectivity index (χ4v) is 4.27. The molecule has 3 heterocycles. The van der Waals surface area contributed by atoms with Gasteiger partial charge in [0, 0.05) is 69.0 Å². The molecule has 1 saturated heterocycles. The predicted octanol–water partition coefficient (Wildman–Crippen LogP) is 4.16. The summed E-state index contributed by atoms with van der Waals surface area (Å²) >= 11 is 6.10. The van der Waals surface area contributed by atoms with Crippen molar-refractivity contribution in [2.24, 2.45) is 0 Å². The molecule has 1 unspecified atom stereocenters. The van der Waals surface area contributed by atoms with Gasteiger partial charge in [0.25, 0.3) is 0 Å². The third kappa shape index (κ3) is 5.10. The van der Waals surface area contributed by atoms with Crippen molar-refractivity contribution in [3.05, 3.63) is 59.1 Å². The first kappa shape index (κ1) is 22.3. The molecular weight excluding hydrogens is 424 g/mol. The molecule has 4 rings (SSSR count). The Hall–Kier alpha value is -2.93. The molecule has 0 bridgehead atoms. The van der Waals surface area contributed by atoms with E-state index in [4.69, 9.17) is 16.6 Å². The van der Waals surface area contributed by atoms with Gasteiger partial charge in [-0.05, 0) is 43.0 Å². The molecule has 8 heteroatoms. The highest BCUT2D eigenvalue weighted by Gasteiger charge is 2.28. The van der Waals surface area contributed by atoms with Gasteiger partial charge in [-0.25, -0.2) is 9.97 Å². The first-order valence-corrected chi connectivity index (χ1v) is 11.4. The first-order valence-electron chi connectivity index (χ1n) is 11.0. The fourth-order valence-electron chi connectivity index (χ4n) is 4.15. The van der Waals surface area contributed by atoms with Crippen molar-refractivity contribution in [2.75, 3.05) is 32.1 Å². The summed E-state index contributed by atoms with van der Waals surface area (Å²) in [6.45, 7) is 4.06. The van der Waals surface area contributed by atoms with Gasteiger partial charge < -0.3 is 9.80 Å². The van der Waals surface area contributed by atoms with Crippen molar-refractivity contribution < 1.29 is 4.79 Å². The van der Waals surface area contributed by atoms with Crippen molar-refractivity contribution in [2.45, 2.75) is 38.6 Å². The molecule has 32 heavy (non-hydrogen) atoms. The molecule has 0 aliphatic carbocycles. The van der Waals surface area contributed by atoms with Gasteiger partial charge in [0.05, 0.1) is 11.9 Å². The monoisotopic (exact) mass is 452 g/mol. The van der Waals surface area contributed by atoms with Crippen LogP contribution in [0.2, 0.25) is 5.02 Å². The van der Waals surface area contributed by atoms with Crippen molar-refractivity contribution in [1.82, 2.24) is 24.6 Å². The van der Waals surface area contributed by atoms with Crippen LogP contribution in [-0.2, 0) is 11.3 Å². The summed E-state index contributed by atoms with van der Waals surface area (Å²) in [5.41, 5.74) is 4.13. The van der Waals surface area contributed by atoms with Crippen LogP contribution >= 0.6 is 11.6 Å². The zero-order valence-electron chi connectivity index (χ0n) is 18.8. The molecule has 0 saturated carbocycles. The van der Waals surface area contributed by atoms with E-state index in [1.165, 1.54) is 0 Å². The number of aromatic nitrogens is 4. The minimum absolute atomic E-state index is 0.159. The minimum atomic E-state index is 0.159. The number of carbonyl (C=O) groups excluding carboxylic acids is 1. The number of hydrogen-bond donors (Lipinski definition) is 0. The van der Waals surface area contributed by atoms with E-state index in [0.29, 0.717) is 30.5 Å². The number of rotatable bonds is 6. The Kier molecular flexibility index (Phi) is 6.74. The quantitative estimate of drug-likeness (QED) is 0.561. The summed E-state index contributed by atoms with van der Waals surface area (Å²) in [4.78, 5) is 26.3. The maximum absolute atomic E-state index is 13.0. The van der Waals surface area contributed by atoms with E-state index in [2.05, 4.69) is 10.1 Å². The Balaban J connectivity index is 1.55. The Bertz CT molecular complexity index is 1080. The van der Waals surface area contributed by atoms with Crippen molar-refractivity contribution in [1.29, 1.82) is 0 Å². The lowest BCUT2D eigenvalue weighted by atomic mass is 9.89. The summed E-state index contributed by atoms with van der Waals surface area (Å²) in [5, 5.41) is 4.99. The normalized spacial score (nSPS) is 16.2. The molecular formula is C24H29ClN6O. The van der Waals surface area contributed by atoms with E-state index in [0.717, 1.165) is 41.8 Å². The topological polar surface area (TPSA) is 67.2 Å². The van der Waals surface area contributed by atoms with Crippen LogP contribution in [0.4, 0.5) is 5.95 Å². The fraction of sp³-hybridized carbons (Fsp3) is 0.417. The SMILES string of the molecule is Cc1cnn(CCC(=O)N2CCCC(c3nc(N(C)C)ncc3-c3ccc(Cl)cc3)C2)c1. The lowest BCUT2D eigenvalue weighted by Gasteiger charge is -2.33. The van der Waals surface area contributed by atoms with Gasteiger partial charge >= 0.3 is 0 Å². The van der Waals surface area contributed by atoms with Crippen molar-refractivity contribution >= 4 is 23.5 Å². The predicted molar refractivity (Wildman–Crippen MR) is 127 cm³/mol. The standard InChI is InChI=1S/C24H29ClN6O/c1-17-13-27-31(15-17)12-10-22(32)30-11-4-5-19(16-30)23-21(14-26-24(28-23)29(2)3)18-6-8-20(25)9-7-18/h6-9,13-15,19H,4-5,10-12,16H2,1-3H3. The highest BCUT2D eigenvalue weighted by atomic mass is 35.5. The van der Waals surface area contributed by atoms with Crippen LogP contribution in [0.3, 0.4) is 0 Å². The molecule has 3 aromatic rings. The Morgan fingerprint density at radius 1 is 1.22 bits per heavy atom. The maximum Gasteiger partial charge on any atom is 0.225 e. The molecule has 1 amide bonds. The molecule has 2 aromatic heterocycles. The van der Waals surface area contributed by atoms with Crippen LogP contribution in [0.25, 0.3) is 11.1 Å². The van der Waals surface area contributed by atoms with Gasteiger partial charge in [-0.2, -0.15) is 5.10 Å². The number of benzene rings is 1. The lowest BCUT2D eigenvalue weighted by Crippen LogP contribution is -2.39. The maximum atomic E-state index is 13.0. The summed E-state index contributed by atoms with van der Waals surface area (Å²) in [7, 11) is 3.88. The third-order valence-electron chi connectivity index (χ3n) is 5.84. The highest BCUT2D eigenvalue weighted by Crippen LogP contribution is 2.34. The van der Waals surface area contributed by atoms with Gasteiger partial charge in [0.15, 0.2) is 0 Å². The average molecular weight is 453 g/mol. The van der Waals surface area contributed by atoms with Gasteiger partial charge in [0.2, 0.25) is 11.9 Å². The van der Waals surface area contributed by atoms with Crippen LogP contribution in [0.5, 0.6) is 0 Å². The zero-order valence-corrected chi connectivity index (χ0v) is 19.6. The van der Waals surface area contributed by atoms with Gasteiger partial charge in [-0.15, -0.1) is 0 Å². The number of piperidine rings is 1. The number of anilines is 1. The third-order valence-corrected chi connectivity index (χ3v) is 6.09. The molecule has 0 spiro atoms. The van der Waals surface area contributed by atoms with E-state index in [-0.39, 0.29) is 11.8 Å². The minimum Gasteiger partial charge on any atom is -0.347 e. The van der Waals surface area contributed by atoms with Gasteiger partial charge in [-0.3, -0.25) is 9.48 Å². The number of carbonyl (C=O) groups is 1. The number of likely N-dealkylation sites (tertiary alicyclic amines) is 1. The number of aryl methyl sites for hydroxylation is 2. The molecule has 1 fully saturated rings. The van der Waals surface area contributed by atoms with Crippen LogP contribution in [-0.4, -0.2) is 57.7 Å². The second-order valence-electron chi connectivity index (χ2n) is 8.58. The van der Waals surface area contributed by atoms with E-state index < -0.39 is 0 Å². The van der Waals surface area contributed by atoms with Crippen LogP contribution in [0.1, 0.15) is 36.4 Å². The highest BCUT2D eigenvalue weighted by molar-refractivity contribution is 6.30. The van der Waals surface area contributed by atoms with Crippen LogP contribution in [0, 0.1) is 6.92 Å². The molecule has 0 radical (unpaired) electrons. The summed E-state index contributed by atoms with van der Waals surface area (Å²) in [6.07, 6.45) is 8.07. The molecule has 1 aliphatic heterocycles. The van der Waals surface area contributed by atoms with E-state index in [9.17, 15) is 4.79 Å². The smallest absolute Gasteiger partial charge is 0.225 e. The molecule has 1 atom stereocenters. The first-order chi connectivity index (χ1) is 15.4. The molecule has 1 aromatic carbocycles. The molecule has 168 valence electrons. The second kappa shape index (κ2) is 9.69. The summed E-state index contributed by atoms with van der Waals surface area (Å²) in [5.74, 6) is 1.00. The second-order valence-corrected chi connectivity index (χ2v) is 9.02. The van der Waals surface area contributed by atoms with Crippen LogP contribution < -0.4 is 4.90 Å².